The van der Waals surface area contributed by atoms with Crippen LogP contribution in [0.4, 0.5) is 5.69 Å². The molecule has 0 spiro atoms. The molecule has 1 aliphatic rings. The maximum atomic E-state index is 12.6. The first kappa shape index (κ1) is 16.0. The Kier molecular flexibility index (Phi) is 4.41. The average Bonchev–Trinajstić information content (AvgIpc) is 3.31. The van der Waals surface area contributed by atoms with Crippen molar-refractivity contribution in [2.45, 2.75) is 23.8 Å². The van der Waals surface area contributed by atoms with Gasteiger partial charge in [0.15, 0.2) is 0 Å². The van der Waals surface area contributed by atoms with Crippen molar-refractivity contribution in [2.24, 2.45) is 0 Å². The zero-order valence-corrected chi connectivity index (χ0v) is 14.5. The second kappa shape index (κ2) is 6.33. The maximum absolute atomic E-state index is 12.6. The molecule has 0 aliphatic heterocycles. The summed E-state index contributed by atoms with van der Waals surface area (Å²) in [5, 5.41) is 2.86. The minimum Gasteiger partial charge on any atom is -0.349 e. The third kappa shape index (κ3) is 3.73. The van der Waals surface area contributed by atoms with Crippen molar-refractivity contribution < 1.29 is 13.2 Å². The molecule has 0 unspecified atom stereocenters. The molecule has 0 radical (unpaired) electrons. The summed E-state index contributed by atoms with van der Waals surface area (Å²) in [6, 6.07) is 13.3. The lowest BCUT2D eigenvalue weighted by atomic mass is 10.1. The summed E-state index contributed by atoms with van der Waals surface area (Å²) in [5.41, 5.74) is 0.580. The summed E-state index contributed by atoms with van der Waals surface area (Å²) < 4.78 is 28.1. The van der Waals surface area contributed by atoms with E-state index in [2.05, 4.69) is 26.0 Å². The van der Waals surface area contributed by atoms with E-state index in [-0.39, 0.29) is 22.5 Å². The van der Waals surface area contributed by atoms with Crippen LogP contribution in [0.25, 0.3) is 0 Å². The molecule has 1 amide bonds. The Bertz CT molecular complexity index is 848. The largest absolute Gasteiger partial charge is 0.349 e. The Morgan fingerprint density at radius 1 is 1.04 bits per heavy atom. The number of hydrogen-bond donors (Lipinski definition) is 2. The van der Waals surface area contributed by atoms with Crippen LogP contribution in [0, 0.1) is 0 Å². The van der Waals surface area contributed by atoms with E-state index in [0.29, 0.717) is 10.0 Å². The molecule has 3 rings (SSSR count). The second-order valence-corrected chi connectivity index (χ2v) is 7.83. The van der Waals surface area contributed by atoms with Crippen LogP contribution in [0.2, 0.25) is 0 Å². The van der Waals surface area contributed by atoms with Gasteiger partial charge >= 0.3 is 0 Å². The van der Waals surface area contributed by atoms with E-state index in [1.165, 1.54) is 6.07 Å². The van der Waals surface area contributed by atoms with E-state index in [0.717, 1.165) is 12.8 Å². The Morgan fingerprint density at radius 3 is 2.39 bits per heavy atom. The number of anilines is 1. The summed E-state index contributed by atoms with van der Waals surface area (Å²) in [4.78, 5) is 12.4. The minimum atomic E-state index is -3.79. The van der Waals surface area contributed by atoms with Gasteiger partial charge in [-0.1, -0.05) is 24.3 Å². The molecular weight excluding hydrogens is 380 g/mol. The summed E-state index contributed by atoms with van der Waals surface area (Å²) in [6.07, 6.45) is 1.94. The predicted molar refractivity (Wildman–Crippen MR) is 91.9 cm³/mol. The lowest BCUT2D eigenvalue weighted by Gasteiger charge is -2.13. The van der Waals surface area contributed by atoms with Crippen LogP contribution >= 0.6 is 15.9 Å². The first-order valence-corrected chi connectivity index (χ1v) is 9.42. The molecule has 1 aliphatic carbocycles. The molecule has 0 atom stereocenters. The average molecular weight is 395 g/mol. The van der Waals surface area contributed by atoms with Crippen molar-refractivity contribution in [2.75, 3.05) is 4.72 Å². The van der Waals surface area contributed by atoms with Gasteiger partial charge < -0.3 is 5.32 Å². The van der Waals surface area contributed by atoms with Crippen LogP contribution < -0.4 is 10.0 Å². The van der Waals surface area contributed by atoms with E-state index in [1.807, 2.05) is 0 Å². The first-order valence-electron chi connectivity index (χ1n) is 7.14. The predicted octanol–water partition coefficient (Wildman–Crippen LogP) is 3.14. The number of carbonyl (C=O) groups excluding carboxylic acids is 1. The third-order valence-corrected chi connectivity index (χ3v) is 5.83. The number of halogens is 1. The van der Waals surface area contributed by atoms with Gasteiger partial charge in [-0.05, 0) is 53.0 Å². The van der Waals surface area contributed by atoms with Gasteiger partial charge in [0.2, 0.25) is 0 Å². The van der Waals surface area contributed by atoms with Crippen LogP contribution in [0.5, 0.6) is 0 Å². The summed E-state index contributed by atoms with van der Waals surface area (Å²) in [5.74, 6) is -0.266. The van der Waals surface area contributed by atoms with Gasteiger partial charge in [0.25, 0.3) is 15.9 Å². The molecule has 1 fully saturated rings. The summed E-state index contributed by atoms with van der Waals surface area (Å²) >= 11 is 3.24. The highest BCUT2D eigenvalue weighted by molar-refractivity contribution is 9.10. The van der Waals surface area contributed by atoms with E-state index in [4.69, 9.17) is 0 Å². The summed E-state index contributed by atoms with van der Waals surface area (Å²) in [7, 11) is -3.79. The number of sulfonamides is 1. The molecule has 0 heterocycles. The lowest BCUT2D eigenvalue weighted by molar-refractivity contribution is 0.0952. The molecular formula is C16H15BrN2O3S. The Balaban J connectivity index is 1.90. The first-order chi connectivity index (χ1) is 11.0. The van der Waals surface area contributed by atoms with Crippen molar-refractivity contribution in [3.63, 3.8) is 0 Å². The molecule has 1 saturated carbocycles. The number of para-hydroxylation sites is 1. The molecule has 23 heavy (non-hydrogen) atoms. The number of hydrogen-bond acceptors (Lipinski definition) is 3. The van der Waals surface area contributed by atoms with Crippen LogP contribution in [0.3, 0.4) is 0 Å². The smallest absolute Gasteiger partial charge is 0.263 e. The molecule has 0 bridgehead atoms. The quantitative estimate of drug-likeness (QED) is 0.817. The molecule has 5 nitrogen and oxygen atoms in total. The fourth-order valence-electron chi connectivity index (χ4n) is 2.12. The normalized spacial score (nSPS) is 14.3. The van der Waals surface area contributed by atoms with Gasteiger partial charge in [0.05, 0.1) is 11.3 Å². The van der Waals surface area contributed by atoms with Crippen LogP contribution in [-0.4, -0.2) is 20.4 Å². The summed E-state index contributed by atoms with van der Waals surface area (Å²) in [6.45, 7) is 0. The van der Waals surface area contributed by atoms with E-state index < -0.39 is 10.0 Å². The molecule has 0 aromatic heterocycles. The molecule has 0 saturated heterocycles. The van der Waals surface area contributed by atoms with E-state index in [1.54, 1.807) is 42.5 Å². The zero-order valence-electron chi connectivity index (χ0n) is 12.1. The van der Waals surface area contributed by atoms with Crippen LogP contribution in [0.1, 0.15) is 23.2 Å². The molecule has 2 N–H and O–H groups in total. The number of nitrogens with one attached hydrogen (secondary N) is 2. The highest BCUT2D eigenvalue weighted by Gasteiger charge is 2.26. The van der Waals surface area contributed by atoms with Crippen molar-refractivity contribution >= 4 is 37.5 Å². The monoisotopic (exact) mass is 394 g/mol. The fourth-order valence-corrected chi connectivity index (χ4v) is 4.21. The van der Waals surface area contributed by atoms with Crippen molar-refractivity contribution in [3.8, 4) is 0 Å². The maximum Gasteiger partial charge on any atom is 0.263 e. The van der Waals surface area contributed by atoms with Gasteiger partial charge in [0, 0.05) is 10.5 Å². The Hall–Kier alpha value is -1.86. The second-order valence-electron chi connectivity index (χ2n) is 5.33. The van der Waals surface area contributed by atoms with Crippen molar-refractivity contribution in [3.05, 3.63) is 58.6 Å². The topological polar surface area (TPSA) is 75.3 Å². The highest BCUT2D eigenvalue weighted by Crippen LogP contribution is 2.26. The number of benzene rings is 2. The molecule has 2 aromatic carbocycles. The third-order valence-electron chi connectivity index (χ3n) is 3.45. The number of carbonyl (C=O) groups is 1. The zero-order chi connectivity index (χ0) is 16.4. The molecule has 7 heteroatoms. The van der Waals surface area contributed by atoms with Crippen LogP contribution in [-0.2, 0) is 10.0 Å². The SMILES string of the molecule is O=C(NC1CC1)c1ccccc1NS(=O)(=O)c1ccccc1Br. The van der Waals surface area contributed by atoms with Gasteiger partial charge in [0.1, 0.15) is 4.90 Å². The Morgan fingerprint density at radius 2 is 1.70 bits per heavy atom. The molecule has 2 aromatic rings. The van der Waals surface area contributed by atoms with Gasteiger partial charge in [-0.3, -0.25) is 9.52 Å². The highest BCUT2D eigenvalue weighted by atomic mass is 79.9. The van der Waals surface area contributed by atoms with E-state index in [9.17, 15) is 13.2 Å². The van der Waals surface area contributed by atoms with Crippen molar-refractivity contribution in [1.29, 1.82) is 0 Å². The fraction of sp³-hybridized carbons (Fsp3) is 0.188. The number of rotatable bonds is 5. The van der Waals surface area contributed by atoms with Gasteiger partial charge in [-0.25, -0.2) is 8.42 Å². The van der Waals surface area contributed by atoms with E-state index >= 15 is 0 Å². The standard InChI is InChI=1S/C16H15BrN2O3S/c17-13-6-2-4-8-15(13)23(21,22)19-14-7-3-1-5-12(14)16(20)18-11-9-10-11/h1-8,11,19H,9-10H2,(H,18,20). The van der Waals surface area contributed by atoms with Gasteiger partial charge in [-0.15, -0.1) is 0 Å². The Labute approximate surface area is 143 Å². The number of amides is 1. The minimum absolute atomic E-state index is 0.123. The van der Waals surface area contributed by atoms with Gasteiger partial charge in [-0.2, -0.15) is 0 Å². The van der Waals surface area contributed by atoms with Crippen molar-refractivity contribution in [1.82, 2.24) is 5.32 Å². The van der Waals surface area contributed by atoms with Crippen LogP contribution in [0.15, 0.2) is 57.9 Å². The lowest BCUT2D eigenvalue weighted by Crippen LogP contribution is -2.27. The molecule has 120 valence electrons.